The average Bonchev–Trinajstić information content (AvgIpc) is 2.44. The van der Waals surface area contributed by atoms with Crippen LogP contribution in [0.5, 0.6) is 0 Å². The van der Waals surface area contributed by atoms with Crippen molar-refractivity contribution in [2.45, 2.75) is 78.9 Å². The van der Waals surface area contributed by atoms with E-state index in [9.17, 15) is 4.79 Å². The molecule has 0 saturated carbocycles. The Balaban J connectivity index is 5.74. The fourth-order valence-corrected chi connectivity index (χ4v) is 11.0. The Morgan fingerprint density at radius 3 is 1.92 bits per heavy atom. The first kappa shape index (κ1) is 24.8. The van der Waals surface area contributed by atoms with E-state index in [0.717, 1.165) is 0 Å². The van der Waals surface area contributed by atoms with Gasteiger partial charge in [-0.05, 0) is 43.9 Å². The van der Waals surface area contributed by atoms with Crippen LogP contribution < -0.4 is 0 Å². The zero-order chi connectivity index (χ0) is 20.0. The molecule has 0 amide bonds. The minimum Gasteiger partial charge on any atom is -0.459 e. The summed E-state index contributed by atoms with van der Waals surface area (Å²) in [4.78, 5) is 12.0. The largest absolute Gasteiger partial charge is 0.459 e. The maximum Gasteiger partial charge on any atom is 0.330 e. The van der Waals surface area contributed by atoms with Gasteiger partial charge in [0.05, 0.1) is 0 Å². The number of esters is 1. The van der Waals surface area contributed by atoms with Crippen LogP contribution in [0.1, 0.15) is 41.5 Å². The summed E-state index contributed by atoms with van der Waals surface area (Å²) < 4.78 is 18.4. The van der Waals surface area contributed by atoms with Gasteiger partial charge in [0, 0.05) is 11.1 Å². The Morgan fingerprint density at radius 2 is 1.60 bits per heavy atom. The van der Waals surface area contributed by atoms with Gasteiger partial charge in [-0.2, -0.15) is 0 Å². The number of carbonyl (C=O) groups is 1. The minimum absolute atomic E-state index is 0.150. The molecule has 7 heteroatoms. The van der Waals surface area contributed by atoms with Crippen molar-refractivity contribution in [3.63, 3.8) is 0 Å². The first-order valence-corrected chi connectivity index (χ1v) is 16.2. The quantitative estimate of drug-likeness (QED) is 0.296. The van der Waals surface area contributed by atoms with Gasteiger partial charge in [0.1, 0.15) is 6.10 Å². The van der Waals surface area contributed by atoms with Crippen LogP contribution in [0, 0.1) is 17.8 Å². The summed E-state index contributed by atoms with van der Waals surface area (Å²) >= 11 is 0. The molecule has 2 atom stereocenters. The summed E-state index contributed by atoms with van der Waals surface area (Å²) in [5.41, 5.74) is 0. The third-order valence-corrected chi connectivity index (χ3v) is 14.6. The van der Waals surface area contributed by atoms with Crippen LogP contribution in [0.4, 0.5) is 0 Å². The molecule has 0 rings (SSSR count). The van der Waals surface area contributed by atoms with Crippen LogP contribution in [0.15, 0.2) is 12.7 Å². The van der Waals surface area contributed by atoms with Crippen LogP contribution in [0.3, 0.4) is 0 Å². The Labute approximate surface area is 160 Å². The van der Waals surface area contributed by atoms with E-state index >= 15 is 0 Å². The molecule has 0 heterocycles. The summed E-state index contributed by atoms with van der Waals surface area (Å²) in [5, 5.41) is -0.150. The van der Waals surface area contributed by atoms with Crippen molar-refractivity contribution in [2.24, 2.45) is 17.8 Å². The van der Waals surface area contributed by atoms with Gasteiger partial charge in [-0.1, -0.05) is 48.1 Å². The zero-order valence-electron chi connectivity index (χ0n) is 18.0. The van der Waals surface area contributed by atoms with E-state index in [4.69, 9.17) is 13.0 Å². The molecular formula is C18H40O4Si3. The number of rotatable bonds is 11. The number of carbonyl (C=O) groups excluding carboxylic acids is 1. The molecule has 0 bridgehead atoms. The molecule has 2 unspecified atom stereocenters. The van der Waals surface area contributed by atoms with Crippen molar-refractivity contribution in [3.8, 4) is 0 Å². The average molecular weight is 405 g/mol. The van der Waals surface area contributed by atoms with Crippen molar-refractivity contribution in [3.05, 3.63) is 12.7 Å². The highest BCUT2D eigenvalue weighted by atomic mass is 28.4. The number of hydrogen-bond acceptors (Lipinski definition) is 4. The van der Waals surface area contributed by atoms with Crippen molar-refractivity contribution >= 4 is 33.3 Å². The standard InChI is InChI=1S/C18H40O4Si3/c1-12-16(19)20-17(13(2)3)18(14(4)5,15(6)7)24(8)21-23-22-25(9,10)11/h12-15,17,24H,1,23H2,2-11H3. The minimum atomic E-state index is -1.69. The molecule has 25 heavy (non-hydrogen) atoms. The molecule has 0 aliphatic carbocycles. The highest BCUT2D eigenvalue weighted by molar-refractivity contribution is 6.74. The van der Waals surface area contributed by atoms with Gasteiger partial charge in [0.25, 0.3) is 10.0 Å². The lowest BCUT2D eigenvalue weighted by Crippen LogP contribution is -2.53. The van der Waals surface area contributed by atoms with Crippen molar-refractivity contribution in [2.75, 3.05) is 0 Å². The van der Waals surface area contributed by atoms with E-state index in [1.165, 1.54) is 6.08 Å². The fourth-order valence-electron chi connectivity index (χ4n) is 3.94. The van der Waals surface area contributed by atoms with Gasteiger partial charge in [-0.15, -0.1) is 0 Å². The molecule has 0 saturated heterocycles. The van der Waals surface area contributed by atoms with Crippen LogP contribution in [0.2, 0.25) is 31.2 Å². The topological polar surface area (TPSA) is 44.8 Å². The van der Waals surface area contributed by atoms with E-state index in [2.05, 4.69) is 74.3 Å². The lowest BCUT2D eigenvalue weighted by Gasteiger charge is -2.51. The lowest BCUT2D eigenvalue weighted by molar-refractivity contribution is -0.150. The smallest absolute Gasteiger partial charge is 0.330 e. The fraction of sp³-hybridized carbons (Fsp3) is 0.833. The molecule has 0 aliphatic rings. The third kappa shape index (κ3) is 6.78. The Hall–Kier alpha value is -0.219. The van der Waals surface area contributed by atoms with Gasteiger partial charge in [0.15, 0.2) is 17.4 Å². The van der Waals surface area contributed by atoms with Crippen molar-refractivity contribution in [1.29, 1.82) is 0 Å². The summed E-state index contributed by atoms with van der Waals surface area (Å²) in [6, 6.07) is 0. The zero-order valence-corrected chi connectivity index (χ0v) is 21.6. The maximum atomic E-state index is 12.0. The van der Waals surface area contributed by atoms with Crippen LogP contribution >= 0.6 is 0 Å². The second kappa shape index (κ2) is 10.2. The highest BCUT2D eigenvalue weighted by Gasteiger charge is 2.53. The van der Waals surface area contributed by atoms with Gasteiger partial charge in [0.2, 0.25) is 0 Å². The van der Waals surface area contributed by atoms with Crippen LogP contribution in [-0.4, -0.2) is 39.4 Å². The van der Waals surface area contributed by atoms with Crippen LogP contribution in [0.25, 0.3) is 0 Å². The van der Waals surface area contributed by atoms with E-state index in [1.54, 1.807) is 0 Å². The van der Waals surface area contributed by atoms with E-state index in [1.807, 2.05) is 0 Å². The van der Waals surface area contributed by atoms with Crippen molar-refractivity contribution in [1.82, 2.24) is 0 Å². The predicted octanol–water partition coefficient (Wildman–Crippen LogP) is 4.01. The molecule has 0 radical (unpaired) electrons. The monoisotopic (exact) mass is 404 g/mol. The molecule has 0 spiro atoms. The molecule has 148 valence electrons. The second-order valence-electron chi connectivity index (χ2n) is 8.80. The molecule has 0 fully saturated rings. The Kier molecular flexibility index (Phi) is 10.1. The van der Waals surface area contributed by atoms with Gasteiger partial charge < -0.3 is 13.0 Å². The van der Waals surface area contributed by atoms with Crippen LogP contribution in [-0.2, 0) is 17.8 Å². The predicted molar refractivity (Wildman–Crippen MR) is 114 cm³/mol. The van der Waals surface area contributed by atoms with Crippen molar-refractivity contribution < 1.29 is 17.8 Å². The molecule has 4 nitrogen and oxygen atoms in total. The van der Waals surface area contributed by atoms with E-state index in [-0.39, 0.29) is 23.0 Å². The lowest BCUT2D eigenvalue weighted by atomic mass is 9.76. The summed E-state index contributed by atoms with van der Waals surface area (Å²) in [5.74, 6) is 0.563. The molecule has 0 N–H and O–H groups in total. The van der Waals surface area contributed by atoms with Gasteiger partial charge in [-0.3, -0.25) is 0 Å². The molecule has 0 aromatic rings. The first-order valence-electron chi connectivity index (χ1n) is 9.39. The highest BCUT2D eigenvalue weighted by Crippen LogP contribution is 2.53. The SMILES string of the molecule is C=CC(=O)OC(C(C)C)C(C(C)C)(C(C)C)[SiH](C)O[SiH2]O[Si](C)(C)C. The molecular weight excluding hydrogens is 364 g/mol. The third-order valence-electron chi connectivity index (χ3n) is 5.02. The summed E-state index contributed by atoms with van der Waals surface area (Å²) in [7, 11) is -4.26. The second-order valence-corrected chi connectivity index (χ2v) is 18.0. The van der Waals surface area contributed by atoms with Gasteiger partial charge >= 0.3 is 5.97 Å². The first-order chi connectivity index (χ1) is 11.3. The summed E-state index contributed by atoms with van der Waals surface area (Å²) in [6.07, 6.45) is 1.08. The maximum absolute atomic E-state index is 12.0. The summed E-state index contributed by atoms with van der Waals surface area (Å²) in [6.45, 7) is 25.5. The normalized spacial score (nSPS) is 16.0. The van der Waals surface area contributed by atoms with E-state index < -0.39 is 27.4 Å². The van der Waals surface area contributed by atoms with E-state index in [0.29, 0.717) is 11.8 Å². The Bertz CT molecular complexity index is 423. The Morgan fingerprint density at radius 1 is 1.12 bits per heavy atom. The number of hydrogen-bond donors (Lipinski definition) is 0. The molecule has 0 aromatic heterocycles. The molecule has 0 aromatic carbocycles. The number of ether oxygens (including phenoxy) is 1. The molecule has 0 aliphatic heterocycles. The van der Waals surface area contributed by atoms with Gasteiger partial charge in [-0.25, -0.2) is 4.79 Å².